The van der Waals surface area contributed by atoms with Crippen LogP contribution in [0.1, 0.15) is 0 Å². The minimum atomic E-state index is -0.119. The molecular formula is C13H13BrO2S. The maximum absolute atomic E-state index is 5.87. The van der Waals surface area contributed by atoms with Crippen LogP contribution < -0.4 is 0 Å². The molecule has 2 heterocycles. The lowest BCUT2D eigenvalue weighted by atomic mass is 10.2. The predicted molar refractivity (Wildman–Crippen MR) is 72.6 cm³/mol. The zero-order chi connectivity index (χ0) is 11.7. The van der Waals surface area contributed by atoms with E-state index in [0.29, 0.717) is 0 Å². The summed E-state index contributed by atoms with van der Waals surface area (Å²) in [6, 6.07) is 10.4. The van der Waals surface area contributed by atoms with Gasteiger partial charge in [0.1, 0.15) is 6.10 Å². The summed E-state index contributed by atoms with van der Waals surface area (Å²) in [5.41, 5.74) is 0. The highest BCUT2D eigenvalue weighted by molar-refractivity contribution is 9.09. The van der Waals surface area contributed by atoms with Gasteiger partial charge in [-0.3, -0.25) is 0 Å². The molecule has 2 nitrogen and oxygen atoms in total. The fourth-order valence-corrected chi connectivity index (χ4v) is 3.38. The second-order valence-corrected chi connectivity index (χ2v) is 6.25. The molecule has 4 heteroatoms. The maximum Gasteiger partial charge on any atom is 0.174 e. The zero-order valence-corrected chi connectivity index (χ0v) is 11.6. The first-order chi connectivity index (χ1) is 8.33. The average molecular weight is 313 g/mol. The van der Waals surface area contributed by atoms with Gasteiger partial charge in [-0.05, 0) is 12.1 Å². The lowest BCUT2D eigenvalue weighted by Crippen LogP contribution is -2.24. The molecule has 4 atom stereocenters. The van der Waals surface area contributed by atoms with Gasteiger partial charge in [-0.25, -0.2) is 0 Å². The van der Waals surface area contributed by atoms with Crippen molar-refractivity contribution in [2.24, 2.45) is 0 Å². The molecule has 2 aliphatic rings. The molecule has 0 N–H and O–H groups in total. The highest BCUT2D eigenvalue weighted by Crippen LogP contribution is 2.33. The number of thioether (sulfide) groups is 1. The van der Waals surface area contributed by atoms with Gasteiger partial charge in [-0.15, -0.1) is 11.8 Å². The van der Waals surface area contributed by atoms with Crippen LogP contribution in [0.15, 0.2) is 47.4 Å². The average Bonchev–Trinajstić information content (AvgIpc) is 2.72. The van der Waals surface area contributed by atoms with E-state index >= 15 is 0 Å². The Balaban J connectivity index is 1.59. The van der Waals surface area contributed by atoms with Crippen molar-refractivity contribution >= 4 is 27.7 Å². The minimum absolute atomic E-state index is 0.116. The van der Waals surface area contributed by atoms with Crippen LogP contribution in [0.4, 0.5) is 0 Å². The molecule has 0 spiro atoms. The normalized spacial score (nSPS) is 35.1. The summed E-state index contributed by atoms with van der Waals surface area (Å²) in [5, 5.41) is 0. The van der Waals surface area contributed by atoms with E-state index < -0.39 is 0 Å². The molecule has 1 aromatic carbocycles. The van der Waals surface area contributed by atoms with Gasteiger partial charge < -0.3 is 9.47 Å². The lowest BCUT2D eigenvalue weighted by Gasteiger charge is -2.16. The Morgan fingerprint density at radius 2 is 1.94 bits per heavy atom. The number of rotatable bonds is 3. The molecule has 0 radical (unpaired) electrons. The van der Waals surface area contributed by atoms with Crippen molar-refractivity contribution in [3.8, 4) is 0 Å². The number of halogens is 1. The van der Waals surface area contributed by atoms with Gasteiger partial charge in [0, 0.05) is 10.6 Å². The summed E-state index contributed by atoms with van der Waals surface area (Å²) in [6.45, 7) is 0. The maximum atomic E-state index is 5.87. The van der Waals surface area contributed by atoms with Gasteiger partial charge >= 0.3 is 0 Å². The topological polar surface area (TPSA) is 18.5 Å². The van der Waals surface area contributed by atoms with Crippen LogP contribution in [0, 0.1) is 0 Å². The molecule has 0 aliphatic carbocycles. The van der Waals surface area contributed by atoms with Gasteiger partial charge in [0.05, 0.1) is 10.9 Å². The molecule has 0 saturated carbocycles. The molecule has 0 amide bonds. The van der Waals surface area contributed by atoms with Crippen LogP contribution in [0.3, 0.4) is 0 Å². The summed E-state index contributed by atoms with van der Waals surface area (Å²) in [7, 11) is 0. The van der Waals surface area contributed by atoms with Crippen molar-refractivity contribution in [3.05, 3.63) is 42.5 Å². The summed E-state index contributed by atoms with van der Waals surface area (Å²) < 4.78 is 11.6. The van der Waals surface area contributed by atoms with Crippen molar-refractivity contribution in [1.82, 2.24) is 0 Å². The number of alkyl halides is 1. The highest BCUT2D eigenvalue weighted by Gasteiger charge is 2.40. The van der Waals surface area contributed by atoms with E-state index in [9.17, 15) is 0 Å². The summed E-state index contributed by atoms with van der Waals surface area (Å²) in [4.78, 5) is 1.46. The third kappa shape index (κ3) is 2.60. The van der Waals surface area contributed by atoms with Crippen molar-refractivity contribution in [2.45, 2.75) is 28.2 Å². The Morgan fingerprint density at radius 1 is 1.12 bits per heavy atom. The first-order valence-electron chi connectivity index (χ1n) is 5.64. The SMILES string of the molecule is BrC1C=C[C@H]2O[C@@H]1O[C@@H]2CSc1ccccc1. The second kappa shape index (κ2) is 5.14. The number of hydrogen-bond donors (Lipinski definition) is 0. The smallest absolute Gasteiger partial charge is 0.174 e. The lowest BCUT2D eigenvalue weighted by molar-refractivity contribution is -0.0545. The monoisotopic (exact) mass is 312 g/mol. The number of ether oxygens (including phenoxy) is 2. The molecule has 2 bridgehead atoms. The number of fused-ring (bicyclic) bond motifs is 2. The Kier molecular flexibility index (Phi) is 3.56. The second-order valence-electron chi connectivity index (χ2n) is 4.10. The largest absolute Gasteiger partial charge is 0.344 e. The van der Waals surface area contributed by atoms with E-state index in [1.165, 1.54) is 4.90 Å². The van der Waals surface area contributed by atoms with Crippen LogP contribution in [0.5, 0.6) is 0 Å². The van der Waals surface area contributed by atoms with Gasteiger partial charge in [0.2, 0.25) is 0 Å². The van der Waals surface area contributed by atoms with Crippen molar-refractivity contribution in [3.63, 3.8) is 0 Å². The molecule has 3 rings (SSSR count). The predicted octanol–water partition coefficient (Wildman–Crippen LogP) is 3.22. The highest BCUT2D eigenvalue weighted by atomic mass is 79.9. The first-order valence-corrected chi connectivity index (χ1v) is 7.54. The molecule has 1 aromatic rings. The van der Waals surface area contributed by atoms with E-state index in [1.807, 2.05) is 17.8 Å². The third-order valence-electron chi connectivity index (χ3n) is 2.87. The van der Waals surface area contributed by atoms with E-state index in [4.69, 9.17) is 9.47 Å². The van der Waals surface area contributed by atoms with Crippen LogP contribution in [-0.4, -0.2) is 29.1 Å². The Bertz CT molecular complexity index is 409. The van der Waals surface area contributed by atoms with Crippen LogP contribution in [0.2, 0.25) is 0 Å². The fourth-order valence-electron chi connectivity index (χ4n) is 1.98. The Hall–Kier alpha value is -0.290. The zero-order valence-electron chi connectivity index (χ0n) is 9.16. The first kappa shape index (κ1) is 11.8. The summed E-state index contributed by atoms with van der Waals surface area (Å²) in [5.74, 6) is 0.926. The van der Waals surface area contributed by atoms with E-state index in [2.05, 4.69) is 52.3 Å². The molecule has 90 valence electrons. The van der Waals surface area contributed by atoms with Crippen molar-refractivity contribution < 1.29 is 9.47 Å². The van der Waals surface area contributed by atoms with E-state index in [-0.39, 0.29) is 23.3 Å². The number of hydrogen-bond acceptors (Lipinski definition) is 3. The standard InChI is InChI=1S/C13H13BrO2S/c14-10-6-7-11-12(16-13(10)15-11)8-17-9-4-2-1-3-5-9/h1-7,10-13H,8H2/t10?,11-,12-,13-/m1/s1. The molecule has 1 unspecified atom stereocenters. The number of benzene rings is 1. The van der Waals surface area contributed by atoms with E-state index in [1.54, 1.807) is 0 Å². The van der Waals surface area contributed by atoms with Gasteiger partial charge in [0.25, 0.3) is 0 Å². The van der Waals surface area contributed by atoms with Crippen molar-refractivity contribution in [1.29, 1.82) is 0 Å². The minimum Gasteiger partial charge on any atom is -0.344 e. The van der Waals surface area contributed by atoms with Crippen LogP contribution in [0.25, 0.3) is 0 Å². The Morgan fingerprint density at radius 3 is 2.71 bits per heavy atom. The van der Waals surface area contributed by atoms with Gasteiger partial charge in [-0.1, -0.05) is 46.3 Å². The quantitative estimate of drug-likeness (QED) is 0.485. The van der Waals surface area contributed by atoms with Crippen LogP contribution in [-0.2, 0) is 9.47 Å². The molecular weight excluding hydrogens is 300 g/mol. The summed E-state index contributed by atoms with van der Waals surface area (Å²) >= 11 is 5.34. The fraction of sp³-hybridized carbons (Fsp3) is 0.385. The Labute approximate surface area is 114 Å². The summed E-state index contributed by atoms with van der Waals surface area (Å²) in [6.07, 6.45) is 4.37. The molecule has 0 aromatic heterocycles. The molecule has 1 fully saturated rings. The van der Waals surface area contributed by atoms with Crippen molar-refractivity contribution in [2.75, 3.05) is 5.75 Å². The van der Waals surface area contributed by atoms with Crippen LogP contribution >= 0.6 is 27.7 Å². The van der Waals surface area contributed by atoms with Gasteiger partial charge in [-0.2, -0.15) is 0 Å². The van der Waals surface area contributed by atoms with E-state index in [0.717, 1.165) is 5.75 Å². The third-order valence-corrected chi connectivity index (χ3v) is 4.71. The molecule has 1 saturated heterocycles. The molecule has 2 aliphatic heterocycles. The van der Waals surface area contributed by atoms with Gasteiger partial charge in [0.15, 0.2) is 6.29 Å². The molecule has 17 heavy (non-hydrogen) atoms.